The fraction of sp³-hybridized carbons (Fsp3) is 0.261. The topological polar surface area (TPSA) is 62.1 Å². The van der Waals surface area contributed by atoms with Crippen LogP contribution in [0.3, 0.4) is 0 Å². The van der Waals surface area contributed by atoms with Gasteiger partial charge in [0.15, 0.2) is 0 Å². The van der Waals surface area contributed by atoms with E-state index in [1.807, 2.05) is 38.2 Å². The molecule has 1 amide bonds. The van der Waals surface area contributed by atoms with Gasteiger partial charge in [0.1, 0.15) is 5.82 Å². The summed E-state index contributed by atoms with van der Waals surface area (Å²) in [6.45, 7) is 10.4. The molecule has 3 N–H and O–H groups in total. The number of aromatic amines is 1. The Morgan fingerprint density at radius 1 is 1.36 bits per heavy atom. The molecule has 2 aromatic rings. The van der Waals surface area contributed by atoms with E-state index in [0.29, 0.717) is 16.5 Å². The minimum Gasteiger partial charge on any atom is -0.366 e. The second-order valence-electron chi connectivity index (χ2n) is 7.12. The normalized spacial score (nSPS) is 15.6. The number of nitrogens with one attached hydrogen (secondary N) is 1. The van der Waals surface area contributed by atoms with Crippen molar-refractivity contribution in [3.63, 3.8) is 0 Å². The quantitative estimate of drug-likeness (QED) is 0.577. The van der Waals surface area contributed by atoms with E-state index in [2.05, 4.69) is 22.5 Å². The molecule has 0 bridgehead atoms. The number of rotatable bonds is 6. The number of hydrogen-bond donors (Lipinski definition) is 2. The number of amides is 1. The van der Waals surface area contributed by atoms with E-state index in [-0.39, 0.29) is 5.56 Å². The summed E-state index contributed by atoms with van der Waals surface area (Å²) in [7, 11) is 0. The molecule has 1 aromatic carbocycles. The predicted molar refractivity (Wildman–Crippen MR) is 114 cm³/mol. The highest BCUT2D eigenvalue weighted by atomic mass is 19.1. The zero-order valence-electron chi connectivity index (χ0n) is 16.4. The summed E-state index contributed by atoms with van der Waals surface area (Å²) < 4.78 is 14.7. The van der Waals surface area contributed by atoms with Gasteiger partial charge in [-0.05, 0) is 37.5 Å². The number of carbonyl (C=O) groups excluding carboxylic acids is 1. The lowest BCUT2D eigenvalue weighted by molar-refractivity contribution is 0.100. The first-order chi connectivity index (χ1) is 13.4. The van der Waals surface area contributed by atoms with Gasteiger partial charge < -0.3 is 10.7 Å². The van der Waals surface area contributed by atoms with E-state index in [0.717, 1.165) is 37.3 Å². The monoisotopic (exact) mass is 379 g/mol. The summed E-state index contributed by atoms with van der Waals surface area (Å²) in [5.74, 6) is -1.10. The van der Waals surface area contributed by atoms with Crippen LogP contribution in [0.5, 0.6) is 0 Å². The smallest absolute Gasteiger partial charge is 0.250 e. The number of benzene rings is 1. The fourth-order valence-electron chi connectivity index (χ4n) is 3.64. The maximum Gasteiger partial charge on any atom is 0.250 e. The maximum absolute atomic E-state index is 14.7. The van der Waals surface area contributed by atoms with Gasteiger partial charge in [0.25, 0.3) is 5.91 Å². The first-order valence-electron chi connectivity index (χ1n) is 9.40. The number of allylic oxidation sites excluding steroid dienone is 2. The molecule has 0 saturated heterocycles. The van der Waals surface area contributed by atoms with Gasteiger partial charge in [-0.15, -0.1) is 6.58 Å². The van der Waals surface area contributed by atoms with Crippen molar-refractivity contribution >= 4 is 22.9 Å². The van der Waals surface area contributed by atoms with Gasteiger partial charge in [0, 0.05) is 36.3 Å². The van der Waals surface area contributed by atoms with E-state index in [9.17, 15) is 9.18 Å². The van der Waals surface area contributed by atoms with Crippen molar-refractivity contribution in [1.29, 1.82) is 0 Å². The highest BCUT2D eigenvalue weighted by Crippen LogP contribution is 2.31. The van der Waals surface area contributed by atoms with Crippen LogP contribution in [0.1, 0.15) is 33.6 Å². The van der Waals surface area contributed by atoms with E-state index in [1.165, 1.54) is 11.6 Å². The summed E-state index contributed by atoms with van der Waals surface area (Å²) in [4.78, 5) is 17.2. The van der Waals surface area contributed by atoms with E-state index >= 15 is 0 Å². The van der Waals surface area contributed by atoms with Crippen LogP contribution in [0.2, 0.25) is 0 Å². The summed E-state index contributed by atoms with van der Waals surface area (Å²) in [5.41, 5.74) is 9.68. The third-order valence-corrected chi connectivity index (χ3v) is 5.16. The number of fused-ring (bicyclic) bond motifs is 1. The van der Waals surface area contributed by atoms with Gasteiger partial charge >= 0.3 is 0 Å². The van der Waals surface area contributed by atoms with Gasteiger partial charge in [0.2, 0.25) is 0 Å². The molecule has 0 aliphatic carbocycles. The molecule has 0 spiro atoms. The van der Waals surface area contributed by atoms with Gasteiger partial charge in [0.05, 0.1) is 11.1 Å². The molecule has 5 heteroatoms. The lowest BCUT2D eigenvalue weighted by Gasteiger charge is -2.24. The Balaban J connectivity index is 1.89. The van der Waals surface area contributed by atoms with Crippen LogP contribution in [-0.4, -0.2) is 35.4 Å². The van der Waals surface area contributed by atoms with E-state index in [4.69, 9.17) is 5.73 Å². The molecule has 1 aliphatic rings. The van der Waals surface area contributed by atoms with Crippen LogP contribution in [0.15, 0.2) is 48.6 Å². The van der Waals surface area contributed by atoms with Crippen molar-refractivity contribution in [3.05, 3.63) is 76.8 Å². The van der Waals surface area contributed by atoms with Crippen LogP contribution in [0.4, 0.5) is 4.39 Å². The molecule has 28 heavy (non-hydrogen) atoms. The first kappa shape index (κ1) is 19.8. The van der Waals surface area contributed by atoms with Gasteiger partial charge in [-0.3, -0.25) is 9.69 Å². The van der Waals surface area contributed by atoms with Gasteiger partial charge in [-0.2, -0.15) is 0 Å². The Labute approximate surface area is 164 Å². The molecule has 0 atom stereocenters. The number of halogens is 1. The lowest BCUT2D eigenvalue weighted by atomic mass is 10.0. The highest BCUT2D eigenvalue weighted by Gasteiger charge is 2.18. The van der Waals surface area contributed by atoms with Crippen molar-refractivity contribution in [2.24, 2.45) is 5.73 Å². The van der Waals surface area contributed by atoms with Crippen molar-refractivity contribution in [1.82, 2.24) is 9.88 Å². The summed E-state index contributed by atoms with van der Waals surface area (Å²) in [5, 5.41) is 0.699. The number of primary amides is 1. The zero-order valence-corrected chi connectivity index (χ0v) is 16.4. The average Bonchev–Trinajstić information content (AvgIpc) is 2.95. The molecule has 0 unspecified atom stereocenters. The average molecular weight is 379 g/mol. The number of nitrogens with two attached hydrogens (primary N) is 1. The standard InChI is InChI=1S/C23H26FN3O/c1-4-11-27-12-7-9-17(14-27)8-5-6-10-18-20(24)13-19(23(25)28)22-21(18)15(2)16(3)26-22/h4-6,8-10,13,26H,1,7,11-12,14H2,2-3H3,(H2,25,28)/b8-5-,10-6+. The molecule has 1 aliphatic heterocycles. The Morgan fingerprint density at radius 2 is 2.11 bits per heavy atom. The molecule has 2 heterocycles. The second-order valence-corrected chi connectivity index (χ2v) is 7.12. The SMILES string of the molecule is C=CCN1CCC=C(/C=C\C=C\c2c(F)cc(C(N)=O)c3[nH]c(C)c(C)c23)C1. The third kappa shape index (κ3) is 3.99. The lowest BCUT2D eigenvalue weighted by Crippen LogP contribution is -2.29. The first-order valence-corrected chi connectivity index (χ1v) is 9.40. The van der Waals surface area contributed by atoms with Crippen LogP contribution in [-0.2, 0) is 0 Å². The molecule has 0 radical (unpaired) electrons. The largest absolute Gasteiger partial charge is 0.366 e. The number of aryl methyl sites for hydroxylation is 2. The molecule has 1 aromatic heterocycles. The molecule has 4 nitrogen and oxygen atoms in total. The van der Waals surface area contributed by atoms with Crippen LogP contribution in [0.25, 0.3) is 17.0 Å². The molecule has 0 saturated carbocycles. The van der Waals surface area contributed by atoms with Crippen LogP contribution in [0, 0.1) is 19.7 Å². The summed E-state index contributed by atoms with van der Waals surface area (Å²) in [6, 6.07) is 1.21. The van der Waals surface area contributed by atoms with Gasteiger partial charge in [-0.1, -0.05) is 36.5 Å². The molecular formula is C23H26FN3O. The van der Waals surface area contributed by atoms with Gasteiger partial charge in [-0.25, -0.2) is 4.39 Å². The fourth-order valence-corrected chi connectivity index (χ4v) is 3.64. The number of H-pyrrole nitrogens is 1. The van der Waals surface area contributed by atoms with Crippen molar-refractivity contribution in [2.75, 3.05) is 19.6 Å². The van der Waals surface area contributed by atoms with Crippen molar-refractivity contribution < 1.29 is 9.18 Å². The molecule has 3 rings (SSSR count). The Bertz CT molecular complexity index is 1010. The third-order valence-electron chi connectivity index (χ3n) is 5.16. The minimum atomic E-state index is -0.645. The van der Waals surface area contributed by atoms with E-state index in [1.54, 1.807) is 6.08 Å². The number of carbonyl (C=O) groups is 1. The van der Waals surface area contributed by atoms with Crippen molar-refractivity contribution in [2.45, 2.75) is 20.3 Å². The van der Waals surface area contributed by atoms with E-state index < -0.39 is 11.7 Å². The highest BCUT2D eigenvalue weighted by molar-refractivity contribution is 6.08. The van der Waals surface area contributed by atoms with Crippen molar-refractivity contribution in [3.8, 4) is 0 Å². The second kappa shape index (κ2) is 8.40. The molecule has 146 valence electrons. The van der Waals surface area contributed by atoms with Crippen LogP contribution >= 0.6 is 0 Å². The Morgan fingerprint density at radius 3 is 2.82 bits per heavy atom. The number of nitrogens with zero attached hydrogens (tertiary/aromatic N) is 1. The minimum absolute atomic E-state index is 0.172. The predicted octanol–water partition coefficient (Wildman–Crippen LogP) is 4.41. The number of hydrogen-bond acceptors (Lipinski definition) is 2. The molecular weight excluding hydrogens is 353 g/mol. The zero-order chi connectivity index (χ0) is 20.3. The maximum atomic E-state index is 14.7. The number of aromatic nitrogens is 1. The van der Waals surface area contributed by atoms with Crippen LogP contribution < -0.4 is 5.73 Å². The summed E-state index contributed by atoms with van der Waals surface area (Å²) in [6.07, 6.45) is 12.7. The Hall–Kier alpha value is -2.92. The molecule has 0 fully saturated rings. The Kier molecular flexibility index (Phi) is 5.95. The summed E-state index contributed by atoms with van der Waals surface area (Å²) >= 11 is 0.